The molecule has 12 heteroatoms. The van der Waals surface area contributed by atoms with E-state index in [0.29, 0.717) is 16.1 Å². The summed E-state index contributed by atoms with van der Waals surface area (Å²) in [4.78, 5) is 39.0. The molecule has 246 valence electrons. The lowest BCUT2D eigenvalue weighted by atomic mass is 9.86. The van der Waals surface area contributed by atoms with Crippen molar-refractivity contribution in [1.29, 1.82) is 0 Å². The number of sulfonamides is 1. The summed E-state index contributed by atoms with van der Waals surface area (Å²) in [5, 5.41) is 13.4. The maximum absolute atomic E-state index is 14.5. The highest BCUT2D eigenvalue weighted by Crippen LogP contribution is 2.41. The van der Waals surface area contributed by atoms with E-state index in [4.69, 9.17) is 16.3 Å². The van der Waals surface area contributed by atoms with Crippen LogP contribution in [-0.4, -0.2) is 56.0 Å². The smallest absolute Gasteiger partial charge is 0.410 e. The van der Waals surface area contributed by atoms with Crippen LogP contribution >= 0.6 is 11.6 Å². The van der Waals surface area contributed by atoms with E-state index in [1.165, 1.54) is 37.4 Å². The van der Waals surface area contributed by atoms with Crippen molar-refractivity contribution < 1.29 is 32.6 Å². The number of nitrogens with one attached hydrogen (secondary N) is 1. The summed E-state index contributed by atoms with van der Waals surface area (Å²) in [5.41, 5.74) is 0.922. The molecule has 1 unspecified atom stereocenters. The molecule has 47 heavy (non-hydrogen) atoms. The van der Waals surface area contributed by atoms with Crippen LogP contribution in [0.1, 0.15) is 26.3 Å². The molecule has 2 amide bonds. The maximum Gasteiger partial charge on any atom is 0.410 e. The van der Waals surface area contributed by atoms with Gasteiger partial charge in [-0.3, -0.25) is 9.10 Å². The molecule has 0 bridgehead atoms. The number of para-hydroxylation sites is 1. The molecule has 0 aromatic heterocycles. The second-order valence-corrected chi connectivity index (χ2v) is 14.1. The first-order chi connectivity index (χ1) is 22.2. The maximum atomic E-state index is 14.5. The predicted octanol–water partition coefficient (Wildman–Crippen LogP) is 6.91. The van der Waals surface area contributed by atoms with Crippen LogP contribution in [0.2, 0.25) is 5.02 Å². The highest BCUT2D eigenvalue weighted by molar-refractivity contribution is 7.93. The number of rotatable bonds is 11. The van der Waals surface area contributed by atoms with Gasteiger partial charge in [0.2, 0.25) is 5.91 Å². The van der Waals surface area contributed by atoms with Gasteiger partial charge in [-0.25, -0.2) is 18.0 Å². The second kappa shape index (κ2) is 14.7. The van der Waals surface area contributed by atoms with Gasteiger partial charge < -0.3 is 20.1 Å². The number of nitrogens with zero attached hydrogens (tertiary/aromatic N) is 2. The highest BCUT2D eigenvalue weighted by Gasteiger charge is 2.44. The van der Waals surface area contributed by atoms with E-state index in [-0.39, 0.29) is 29.4 Å². The van der Waals surface area contributed by atoms with Crippen LogP contribution in [0.4, 0.5) is 16.2 Å². The molecule has 0 aliphatic carbocycles. The zero-order chi connectivity index (χ0) is 34.4. The topological polar surface area (TPSA) is 133 Å². The molecule has 0 radical (unpaired) electrons. The normalized spacial score (nSPS) is 12.1. The Morgan fingerprint density at radius 3 is 2.13 bits per heavy atom. The van der Waals surface area contributed by atoms with Gasteiger partial charge in [-0.05, 0) is 41.3 Å². The molecule has 4 aromatic rings. The van der Waals surface area contributed by atoms with E-state index in [1.54, 1.807) is 75.4 Å². The van der Waals surface area contributed by atoms with Crippen molar-refractivity contribution >= 4 is 51.0 Å². The minimum absolute atomic E-state index is 0.0353. The zero-order valence-electron chi connectivity index (χ0n) is 26.4. The van der Waals surface area contributed by atoms with Gasteiger partial charge in [-0.15, -0.1) is 0 Å². The lowest BCUT2D eigenvalue weighted by Crippen LogP contribution is -2.52. The zero-order valence-corrected chi connectivity index (χ0v) is 28.0. The SMILES string of the molecule is CN(CC(=O)Nc1cccc(S(=O)(=O)N(c2ccccc2-c2ccccc2Cl)C(C(=O)O)C(C)(C)C)c1)C(=O)OCc1ccccc1. The first kappa shape index (κ1) is 35.0. The number of benzene rings is 4. The Bertz CT molecular complexity index is 1860. The summed E-state index contributed by atoms with van der Waals surface area (Å²) in [6.07, 6.45) is -0.713. The number of aliphatic carboxylic acids is 1. The molecule has 0 heterocycles. The fraction of sp³-hybridized carbons (Fsp3) is 0.229. The Hall–Kier alpha value is -4.87. The minimum atomic E-state index is -4.58. The van der Waals surface area contributed by atoms with Crippen molar-refractivity contribution in [3.63, 3.8) is 0 Å². The number of carboxylic acids is 1. The number of anilines is 2. The van der Waals surface area contributed by atoms with Gasteiger partial charge in [0.1, 0.15) is 19.2 Å². The van der Waals surface area contributed by atoms with Gasteiger partial charge in [0, 0.05) is 28.9 Å². The summed E-state index contributed by atoms with van der Waals surface area (Å²) >= 11 is 6.51. The summed E-state index contributed by atoms with van der Waals surface area (Å²) in [6, 6.07) is 26.5. The number of carbonyl (C=O) groups is 3. The molecule has 0 spiro atoms. The van der Waals surface area contributed by atoms with Crippen LogP contribution in [0.15, 0.2) is 108 Å². The largest absolute Gasteiger partial charge is 0.480 e. The number of hydrogen-bond acceptors (Lipinski definition) is 6. The monoisotopic (exact) mass is 677 g/mol. The lowest BCUT2D eigenvalue weighted by molar-refractivity contribution is -0.140. The fourth-order valence-corrected chi connectivity index (χ4v) is 7.05. The van der Waals surface area contributed by atoms with Crippen molar-refractivity contribution in [2.75, 3.05) is 23.2 Å². The van der Waals surface area contributed by atoms with Crippen molar-refractivity contribution in [3.8, 4) is 11.1 Å². The Labute approximate surface area is 279 Å². The van der Waals surface area contributed by atoms with E-state index >= 15 is 0 Å². The van der Waals surface area contributed by atoms with Crippen LogP contribution < -0.4 is 9.62 Å². The van der Waals surface area contributed by atoms with Gasteiger partial charge in [0.15, 0.2) is 0 Å². The summed E-state index contributed by atoms with van der Waals surface area (Å²) in [7, 11) is -3.18. The third-order valence-electron chi connectivity index (χ3n) is 7.17. The fourth-order valence-electron chi connectivity index (χ4n) is 4.96. The van der Waals surface area contributed by atoms with Crippen molar-refractivity contribution in [2.45, 2.75) is 38.3 Å². The molecule has 4 aromatic carbocycles. The molecule has 0 fully saturated rings. The van der Waals surface area contributed by atoms with Crippen LogP contribution in [0.25, 0.3) is 11.1 Å². The van der Waals surface area contributed by atoms with E-state index in [0.717, 1.165) is 14.8 Å². The van der Waals surface area contributed by atoms with Crippen LogP contribution in [0, 0.1) is 5.41 Å². The second-order valence-electron chi connectivity index (χ2n) is 11.9. The lowest BCUT2D eigenvalue weighted by Gasteiger charge is -2.38. The van der Waals surface area contributed by atoms with Gasteiger partial charge in [-0.1, -0.05) is 105 Å². The van der Waals surface area contributed by atoms with Crippen LogP contribution in [0.3, 0.4) is 0 Å². The van der Waals surface area contributed by atoms with Crippen molar-refractivity contribution in [2.24, 2.45) is 5.41 Å². The average Bonchev–Trinajstić information content (AvgIpc) is 3.02. The number of carbonyl (C=O) groups excluding carboxylic acids is 2. The first-order valence-electron chi connectivity index (χ1n) is 14.6. The molecule has 0 saturated heterocycles. The Balaban J connectivity index is 1.65. The van der Waals surface area contributed by atoms with E-state index in [9.17, 15) is 27.9 Å². The molecule has 2 N–H and O–H groups in total. The number of amides is 2. The van der Waals surface area contributed by atoms with Gasteiger partial charge in [-0.2, -0.15) is 0 Å². The summed E-state index contributed by atoms with van der Waals surface area (Å²) in [6.45, 7) is 4.60. The minimum Gasteiger partial charge on any atom is -0.480 e. The number of likely N-dealkylation sites (N-methyl/N-ethyl adjacent to an activating group) is 1. The van der Waals surface area contributed by atoms with E-state index < -0.39 is 39.4 Å². The number of hydrogen-bond donors (Lipinski definition) is 2. The molecule has 0 aliphatic rings. The number of ether oxygens (including phenoxy) is 1. The quantitative estimate of drug-likeness (QED) is 0.176. The van der Waals surface area contributed by atoms with Crippen molar-refractivity contribution in [3.05, 3.63) is 114 Å². The molecular weight excluding hydrogens is 642 g/mol. The van der Waals surface area contributed by atoms with Gasteiger partial charge >= 0.3 is 12.1 Å². The first-order valence-corrected chi connectivity index (χ1v) is 16.4. The van der Waals surface area contributed by atoms with Crippen molar-refractivity contribution in [1.82, 2.24) is 4.90 Å². The number of carboxylic acid groups (broad SMARTS) is 1. The van der Waals surface area contributed by atoms with Gasteiger partial charge in [0.05, 0.1) is 10.6 Å². The third-order valence-corrected chi connectivity index (χ3v) is 9.27. The third kappa shape index (κ3) is 8.49. The number of halogens is 1. The van der Waals surface area contributed by atoms with E-state index in [2.05, 4.69) is 5.32 Å². The Morgan fingerprint density at radius 1 is 0.872 bits per heavy atom. The summed E-state index contributed by atoms with van der Waals surface area (Å²) < 4.78 is 35.2. The van der Waals surface area contributed by atoms with Crippen LogP contribution in [0.5, 0.6) is 0 Å². The molecular formula is C35H36ClN3O7S. The van der Waals surface area contributed by atoms with Gasteiger partial charge in [0.25, 0.3) is 10.0 Å². The Morgan fingerprint density at radius 2 is 1.49 bits per heavy atom. The van der Waals surface area contributed by atoms with Crippen LogP contribution in [-0.2, 0) is 31.0 Å². The predicted molar refractivity (Wildman–Crippen MR) is 182 cm³/mol. The molecule has 0 aliphatic heterocycles. The average molecular weight is 678 g/mol. The molecule has 1 atom stereocenters. The molecule has 10 nitrogen and oxygen atoms in total. The Kier molecular flexibility index (Phi) is 10.9. The highest BCUT2D eigenvalue weighted by atomic mass is 35.5. The standard InChI is InChI=1S/C35H36ClN3O7S/c1-35(2,3)32(33(41)42)39(30-20-11-9-18-28(30)27-17-8-10-19-29(27)36)47(44,45)26-16-12-15-25(21-26)37-31(40)22-38(4)34(43)46-23-24-13-6-5-7-14-24/h5-21,32H,22-23H2,1-4H3,(H,37,40)(H,41,42). The molecule has 4 rings (SSSR count). The molecule has 0 saturated carbocycles. The van der Waals surface area contributed by atoms with E-state index in [1.807, 2.05) is 18.2 Å². The summed E-state index contributed by atoms with van der Waals surface area (Å²) in [5.74, 6) is -1.94.